The van der Waals surface area contributed by atoms with Crippen LogP contribution < -0.4 is 15.5 Å². The molecule has 0 aliphatic carbocycles. The van der Waals surface area contributed by atoms with E-state index in [1.807, 2.05) is 24.4 Å². The number of aromatic nitrogens is 3. The summed E-state index contributed by atoms with van der Waals surface area (Å²) in [4.78, 5) is 15.4. The van der Waals surface area contributed by atoms with Crippen LogP contribution in [0.2, 0.25) is 0 Å². The molecule has 2 N–H and O–H groups in total. The zero-order valence-corrected chi connectivity index (χ0v) is 14.6. The number of pyridine rings is 1. The van der Waals surface area contributed by atoms with Crippen LogP contribution >= 0.6 is 0 Å². The Morgan fingerprint density at radius 1 is 0.962 bits per heavy atom. The molecular formula is C20H22N6. The molecule has 3 heterocycles. The summed E-state index contributed by atoms with van der Waals surface area (Å²) in [6.07, 6.45) is 7.93. The second-order valence-corrected chi connectivity index (χ2v) is 6.35. The Morgan fingerprint density at radius 2 is 1.81 bits per heavy atom. The largest absolute Gasteiger partial charge is 0.372 e. The molecule has 6 heteroatoms. The molecule has 3 aromatic rings. The molecule has 0 unspecified atom stereocenters. The van der Waals surface area contributed by atoms with Crippen molar-refractivity contribution in [3.63, 3.8) is 0 Å². The Labute approximate surface area is 153 Å². The Kier molecular flexibility index (Phi) is 4.91. The highest BCUT2D eigenvalue weighted by atomic mass is 15.2. The van der Waals surface area contributed by atoms with E-state index in [1.54, 1.807) is 12.4 Å². The number of rotatable bonds is 6. The third-order valence-electron chi connectivity index (χ3n) is 4.45. The average molecular weight is 346 g/mol. The normalized spacial score (nSPS) is 13.6. The molecule has 2 aromatic heterocycles. The molecule has 26 heavy (non-hydrogen) atoms. The summed E-state index contributed by atoms with van der Waals surface area (Å²) in [6.45, 7) is 2.98. The molecule has 6 nitrogen and oxygen atoms in total. The van der Waals surface area contributed by atoms with Gasteiger partial charge in [0.1, 0.15) is 5.82 Å². The van der Waals surface area contributed by atoms with Crippen molar-refractivity contribution < 1.29 is 0 Å². The van der Waals surface area contributed by atoms with Gasteiger partial charge in [-0.05, 0) is 54.8 Å². The van der Waals surface area contributed by atoms with Crippen molar-refractivity contribution in [2.75, 3.05) is 28.6 Å². The van der Waals surface area contributed by atoms with Gasteiger partial charge in [0.25, 0.3) is 0 Å². The van der Waals surface area contributed by atoms with Crippen LogP contribution in [0.25, 0.3) is 0 Å². The first-order valence-electron chi connectivity index (χ1n) is 8.95. The molecule has 1 aliphatic rings. The monoisotopic (exact) mass is 346 g/mol. The Morgan fingerprint density at radius 3 is 2.58 bits per heavy atom. The lowest BCUT2D eigenvalue weighted by atomic mass is 10.2. The van der Waals surface area contributed by atoms with E-state index in [1.165, 1.54) is 18.5 Å². The van der Waals surface area contributed by atoms with E-state index in [0.717, 1.165) is 30.2 Å². The van der Waals surface area contributed by atoms with E-state index in [-0.39, 0.29) is 0 Å². The summed E-state index contributed by atoms with van der Waals surface area (Å²) in [7, 11) is 0. The second kappa shape index (κ2) is 7.82. The summed E-state index contributed by atoms with van der Waals surface area (Å²) in [5.74, 6) is 1.36. The maximum Gasteiger partial charge on any atom is 0.229 e. The van der Waals surface area contributed by atoms with Gasteiger partial charge in [0, 0.05) is 49.6 Å². The van der Waals surface area contributed by atoms with Crippen LogP contribution in [0.1, 0.15) is 18.4 Å². The Balaban J connectivity index is 1.38. The highest BCUT2D eigenvalue weighted by molar-refractivity contribution is 5.60. The molecule has 132 valence electrons. The van der Waals surface area contributed by atoms with Crippen molar-refractivity contribution in [2.45, 2.75) is 19.4 Å². The molecule has 4 rings (SSSR count). The van der Waals surface area contributed by atoms with Crippen LogP contribution in [-0.2, 0) is 6.54 Å². The minimum atomic E-state index is 0.579. The first kappa shape index (κ1) is 16.3. The maximum atomic E-state index is 4.52. The summed E-state index contributed by atoms with van der Waals surface area (Å²) in [5.41, 5.74) is 3.37. The van der Waals surface area contributed by atoms with E-state index in [0.29, 0.717) is 12.5 Å². The number of anilines is 4. The van der Waals surface area contributed by atoms with Gasteiger partial charge in [-0.25, -0.2) is 4.98 Å². The summed E-state index contributed by atoms with van der Waals surface area (Å²) in [6, 6.07) is 14.3. The molecule has 0 atom stereocenters. The van der Waals surface area contributed by atoms with E-state index in [4.69, 9.17) is 0 Å². The van der Waals surface area contributed by atoms with Crippen LogP contribution in [0, 0.1) is 0 Å². The second-order valence-electron chi connectivity index (χ2n) is 6.35. The van der Waals surface area contributed by atoms with Gasteiger partial charge >= 0.3 is 0 Å². The van der Waals surface area contributed by atoms with Gasteiger partial charge in [-0.1, -0.05) is 6.07 Å². The smallest absolute Gasteiger partial charge is 0.229 e. The third-order valence-corrected chi connectivity index (χ3v) is 4.45. The highest BCUT2D eigenvalue weighted by Gasteiger charge is 2.11. The molecule has 0 radical (unpaired) electrons. The van der Waals surface area contributed by atoms with Crippen molar-refractivity contribution in [2.24, 2.45) is 0 Å². The van der Waals surface area contributed by atoms with Gasteiger partial charge in [-0.2, -0.15) is 4.98 Å². The van der Waals surface area contributed by atoms with E-state index in [9.17, 15) is 0 Å². The predicted octanol–water partition coefficient (Wildman–Crippen LogP) is 3.83. The van der Waals surface area contributed by atoms with Gasteiger partial charge in [0.2, 0.25) is 5.95 Å². The van der Waals surface area contributed by atoms with Crippen LogP contribution in [-0.4, -0.2) is 28.0 Å². The minimum absolute atomic E-state index is 0.579. The van der Waals surface area contributed by atoms with Gasteiger partial charge in [0.15, 0.2) is 0 Å². The van der Waals surface area contributed by atoms with E-state index >= 15 is 0 Å². The molecule has 0 bridgehead atoms. The lowest BCUT2D eigenvalue weighted by Gasteiger charge is -2.17. The summed E-state index contributed by atoms with van der Waals surface area (Å²) < 4.78 is 0. The van der Waals surface area contributed by atoms with Crippen molar-refractivity contribution in [1.82, 2.24) is 15.0 Å². The van der Waals surface area contributed by atoms with Crippen LogP contribution in [0.5, 0.6) is 0 Å². The predicted molar refractivity (Wildman–Crippen MR) is 105 cm³/mol. The van der Waals surface area contributed by atoms with Crippen molar-refractivity contribution in [3.05, 3.63) is 66.6 Å². The first-order valence-corrected chi connectivity index (χ1v) is 8.95. The topological polar surface area (TPSA) is 66.0 Å². The fourth-order valence-corrected chi connectivity index (χ4v) is 3.07. The van der Waals surface area contributed by atoms with Crippen LogP contribution in [0.3, 0.4) is 0 Å². The van der Waals surface area contributed by atoms with Gasteiger partial charge in [-0.15, -0.1) is 0 Å². The zero-order chi connectivity index (χ0) is 17.6. The molecule has 1 aliphatic heterocycles. The molecule has 0 spiro atoms. The first-order chi connectivity index (χ1) is 12.9. The molecule has 1 saturated heterocycles. The fraction of sp³-hybridized carbons (Fsp3) is 0.250. The molecular weight excluding hydrogens is 324 g/mol. The number of benzene rings is 1. The molecule has 0 saturated carbocycles. The van der Waals surface area contributed by atoms with Gasteiger partial charge in [-0.3, -0.25) is 4.98 Å². The Bertz CT molecular complexity index is 828. The zero-order valence-electron chi connectivity index (χ0n) is 14.6. The molecule has 0 amide bonds. The number of nitrogens with one attached hydrogen (secondary N) is 2. The Hall–Kier alpha value is -3.15. The maximum absolute atomic E-state index is 4.52. The lowest BCUT2D eigenvalue weighted by Crippen LogP contribution is -2.17. The van der Waals surface area contributed by atoms with E-state index < -0.39 is 0 Å². The minimum Gasteiger partial charge on any atom is -0.372 e. The van der Waals surface area contributed by atoms with Gasteiger partial charge in [0.05, 0.1) is 0 Å². The van der Waals surface area contributed by atoms with E-state index in [2.05, 4.69) is 54.8 Å². The quantitative estimate of drug-likeness (QED) is 0.707. The summed E-state index contributed by atoms with van der Waals surface area (Å²) in [5, 5.41) is 6.56. The number of hydrogen-bond acceptors (Lipinski definition) is 6. The van der Waals surface area contributed by atoms with Crippen LogP contribution in [0.15, 0.2) is 61.1 Å². The average Bonchev–Trinajstić information content (AvgIpc) is 3.23. The highest BCUT2D eigenvalue weighted by Crippen LogP contribution is 2.23. The van der Waals surface area contributed by atoms with Crippen molar-refractivity contribution in [3.8, 4) is 0 Å². The molecule has 1 fully saturated rings. The molecule has 1 aromatic carbocycles. The number of hydrogen-bond donors (Lipinski definition) is 2. The lowest BCUT2D eigenvalue weighted by molar-refractivity contribution is 0.949. The van der Waals surface area contributed by atoms with Crippen LogP contribution in [0.4, 0.5) is 23.1 Å². The number of nitrogens with zero attached hydrogens (tertiary/aromatic N) is 4. The standard InChI is InChI=1S/C20H22N6/c1-2-13-26(12-1)18-7-5-17(6-8-18)24-20-22-11-9-19(25-20)23-15-16-4-3-10-21-14-16/h3-11,14H,1-2,12-13,15H2,(H2,22,23,24,25). The SMILES string of the molecule is c1cncc(CNc2ccnc(Nc3ccc(N4CCCC4)cc3)n2)c1. The third kappa shape index (κ3) is 4.08. The van der Waals surface area contributed by atoms with Crippen molar-refractivity contribution >= 4 is 23.1 Å². The summed E-state index contributed by atoms with van der Waals surface area (Å²) >= 11 is 0. The van der Waals surface area contributed by atoms with Crippen molar-refractivity contribution in [1.29, 1.82) is 0 Å². The fourth-order valence-electron chi connectivity index (χ4n) is 3.07. The van der Waals surface area contributed by atoms with Gasteiger partial charge < -0.3 is 15.5 Å².